The molecule has 6 nitrogen and oxygen atoms in total. The van der Waals surface area contributed by atoms with Crippen LogP contribution in [0.5, 0.6) is 17.2 Å². The van der Waals surface area contributed by atoms with Crippen molar-refractivity contribution < 1.29 is 19.7 Å². The summed E-state index contributed by atoms with van der Waals surface area (Å²) in [5, 5.41) is 20.7. The monoisotopic (exact) mass is 458 g/mol. The molecule has 34 heavy (non-hydrogen) atoms. The number of ether oxygens (including phenoxy) is 2. The predicted octanol–water partition coefficient (Wildman–Crippen LogP) is 4.49. The Kier molecular flexibility index (Phi) is 6.26. The zero-order chi connectivity index (χ0) is 23.5. The molecule has 0 spiro atoms. The number of nitrogens with zero attached hydrogens (tertiary/aromatic N) is 2. The molecule has 0 unspecified atom stereocenters. The number of aromatic hydroxyl groups is 1. The lowest BCUT2D eigenvalue weighted by atomic mass is 9.84. The quantitative estimate of drug-likeness (QED) is 0.587. The molecule has 3 heterocycles. The van der Waals surface area contributed by atoms with Gasteiger partial charge in [0.15, 0.2) is 0 Å². The Morgan fingerprint density at radius 2 is 1.88 bits per heavy atom. The van der Waals surface area contributed by atoms with Crippen LogP contribution in [0, 0.1) is 0 Å². The van der Waals surface area contributed by atoms with Gasteiger partial charge in [0.2, 0.25) is 0 Å². The molecule has 0 atom stereocenters. The fraction of sp³-hybridized carbons (Fsp3) is 0.321. The Balaban J connectivity index is 1.31. The van der Waals surface area contributed by atoms with Gasteiger partial charge < -0.3 is 24.6 Å². The van der Waals surface area contributed by atoms with Crippen LogP contribution in [0.25, 0.3) is 5.57 Å². The van der Waals surface area contributed by atoms with Crippen LogP contribution in [0.1, 0.15) is 41.6 Å². The van der Waals surface area contributed by atoms with Crippen molar-refractivity contribution in [2.24, 2.45) is 0 Å². The normalized spacial score (nSPS) is 18.5. The SMILES string of the molecule is COc1ccc2c(c1)/C(=C/CCN1CCC(O)(c3ccc(O)cc3)CC1)c1cccnc1CO2. The molecule has 6 heteroatoms. The highest BCUT2D eigenvalue weighted by Crippen LogP contribution is 2.39. The minimum Gasteiger partial charge on any atom is -0.508 e. The smallest absolute Gasteiger partial charge is 0.131 e. The van der Waals surface area contributed by atoms with Gasteiger partial charge in [0.05, 0.1) is 18.4 Å². The first-order valence-electron chi connectivity index (χ1n) is 11.8. The molecule has 2 N–H and O–H groups in total. The molecule has 0 aliphatic carbocycles. The Labute approximate surface area is 200 Å². The Hall–Kier alpha value is -3.35. The summed E-state index contributed by atoms with van der Waals surface area (Å²) in [5.74, 6) is 1.85. The summed E-state index contributed by atoms with van der Waals surface area (Å²) in [6.07, 6.45) is 6.30. The van der Waals surface area contributed by atoms with Crippen LogP contribution in [0.4, 0.5) is 0 Å². The number of benzene rings is 2. The number of piperidine rings is 1. The van der Waals surface area contributed by atoms with Gasteiger partial charge in [0.1, 0.15) is 23.9 Å². The largest absolute Gasteiger partial charge is 0.508 e. The maximum absolute atomic E-state index is 11.1. The number of hydrogen-bond acceptors (Lipinski definition) is 6. The third kappa shape index (κ3) is 4.52. The van der Waals surface area contributed by atoms with Gasteiger partial charge in [-0.2, -0.15) is 0 Å². The molecular weight excluding hydrogens is 428 g/mol. The summed E-state index contributed by atoms with van der Waals surface area (Å²) in [7, 11) is 1.67. The lowest BCUT2D eigenvalue weighted by Crippen LogP contribution is -2.42. The molecule has 2 aliphatic heterocycles. The molecule has 2 aromatic carbocycles. The number of aliphatic hydroxyl groups is 1. The first kappa shape index (κ1) is 22.4. The molecule has 2 aliphatic rings. The van der Waals surface area contributed by atoms with Crippen molar-refractivity contribution in [3.63, 3.8) is 0 Å². The topological polar surface area (TPSA) is 75.1 Å². The van der Waals surface area contributed by atoms with Crippen molar-refractivity contribution in [1.82, 2.24) is 9.88 Å². The second-order valence-corrected chi connectivity index (χ2v) is 8.97. The molecule has 1 saturated heterocycles. The van der Waals surface area contributed by atoms with E-state index in [9.17, 15) is 10.2 Å². The standard InChI is InChI=1S/C28H30N2O4/c1-33-22-10-11-27-25(18-22)23(24-4-2-14-29-26(24)19-34-27)5-3-15-30-16-12-28(32,13-17-30)20-6-8-21(31)9-7-20/h2,4-11,14,18,31-32H,3,12-13,15-17,19H2,1H3/b23-5+. The Bertz CT molecular complexity index is 1180. The van der Waals surface area contributed by atoms with Crippen molar-refractivity contribution in [3.8, 4) is 17.2 Å². The molecule has 0 bridgehead atoms. The van der Waals surface area contributed by atoms with Gasteiger partial charge in [-0.25, -0.2) is 0 Å². The number of rotatable bonds is 5. The second-order valence-electron chi connectivity index (χ2n) is 8.97. The predicted molar refractivity (Wildman–Crippen MR) is 131 cm³/mol. The first-order chi connectivity index (χ1) is 16.6. The minimum atomic E-state index is -0.832. The van der Waals surface area contributed by atoms with E-state index >= 15 is 0 Å². The van der Waals surface area contributed by atoms with Crippen LogP contribution in [0.3, 0.4) is 0 Å². The lowest BCUT2D eigenvalue weighted by molar-refractivity contribution is -0.0254. The highest BCUT2D eigenvalue weighted by Gasteiger charge is 2.33. The van der Waals surface area contributed by atoms with E-state index in [0.717, 1.165) is 65.5 Å². The summed E-state index contributed by atoms with van der Waals surface area (Å²) in [6.45, 7) is 3.00. The molecule has 0 radical (unpaired) electrons. The summed E-state index contributed by atoms with van der Waals surface area (Å²) in [6, 6.07) is 16.9. The van der Waals surface area contributed by atoms with Crippen LogP contribution in [0.2, 0.25) is 0 Å². The van der Waals surface area contributed by atoms with E-state index in [4.69, 9.17) is 9.47 Å². The number of likely N-dealkylation sites (tertiary alicyclic amines) is 1. The third-order valence-electron chi connectivity index (χ3n) is 6.90. The zero-order valence-corrected chi connectivity index (χ0v) is 19.4. The van der Waals surface area contributed by atoms with E-state index in [1.807, 2.05) is 36.4 Å². The van der Waals surface area contributed by atoms with Crippen LogP contribution in [-0.2, 0) is 12.2 Å². The molecule has 0 amide bonds. The molecular formula is C28H30N2O4. The number of fused-ring (bicyclic) bond motifs is 2. The number of methoxy groups -OCH3 is 1. The first-order valence-corrected chi connectivity index (χ1v) is 11.8. The van der Waals surface area contributed by atoms with Crippen molar-refractivity contribution in [2.75, 3.05) is 26.7 Å². The highest BCUT2D eigenvalue weighted by molar-refractivity contribution is 5.85. The van der Waals surface area contributed by atoms with Crippen LogP contribution < -0.4 is 9.47 Å². The fourth-order valence-electron chi connectivity index (χ4n) is 4.88. The van der Waals surface area contributed by atoms with E-state index in [-0.39, 0.29) is 5.75 Å². The Morgan fingerprint density at radius 1 is 1.09 bits per heavy atom. The fourth-order valence-corrected chi connectivity index (χ4v) is 4.88. The van der Waals surface area contributed by atoms with Gasteiger partial charge >= 0.3 is 0 Å². The maximum Gasteiger partial charge on any atom is 0.131 e. The average molecular weight is 459 g/mol. The molecule has 3 aromatic rings. The van der Waals surface area contributed by atoms with Gasteiger partial charge in [-0.1, -0.05) is 24.3 Å². The summed E-state index contributed by atoms with van der Waals surface area (Å²) in [4.78, 5) is 6.95. The van der Waals surface area contributed by atoms with E-state index in [2.05, 4.69) is 22.0 Å². The number of aromatic nitrogens is 1. The molecule has 1 fully saturated rings. The van der Waals surface area contributed by atoms with Crippen LogP contribution in [-0.4, -0.2) is 46.8 Å². The van der Waals surface area contributed by atoms with Gasteiger partial charge in [0.25, 0.3) is 0 Å². The summed E-state index contributed by atoms with van der Waals surface area (Å²) >= 11 is 0. The average Bonchev–Trinajstić information content (AvgIpc) is 3.02. The molecule has 5 rings (SSSR count). The number of pyridine rings is 1. The summed E-state index contributed by atoms with van der Waals surface area (Å²) in [5.41, 5.74) is 4.20. The van der Waals surface area contributed by atoms with Crippen LogP contribution in [0.15, 0.2) is 66.9 Å². The van der Waals surface area contributed by atoms with Gasteiger partial charge in [-0.15, -0.1) is 0 Å². The Morgan fingerprint density at radius 3 is 2.65 bits per heavy atom. The second kappa shape index (κ2) is 9.49. The van der Waals surface area contributed by atoms with E-state index < -0.39 is 5.60 Å². The lowest BCUT2D eigenvalue weighted by Gasteiger charge is -2.38. The summed E-state index contributed by atoms with van der Waals surface area (Å²) < 4.78 is 11.5. The van der Waals surface area contributed by atoms with Crippen LogP contribution >= 0.6 is 0 Å². The highest BCUT2D eigenvalue weighted by atomic mass is 16.5. The van der Waals surface area contributed by atoms with Crippen molar-refractivity contribution in [2.45, 2.75) is 31.5 Å². The van der Waals surface area contributed by atoms with E-state index in [1.54, 1.807) is 25.4 Å². The minimum absolute atomic E-state index is 0.220. The number of hydrogen-bond donors (Lipinski definition) is 2. The molecule has 176 valence electrons. The van der Waals surface area contributed by atoms with Crippen molar-refractivity contribution in [1.29, 1.82) is 0 Å². The molecule has 0 saturated carbocycles. The van der Waals surface area contributed by atoms with Gasteiger partial charge in [-0.3, -0.25) is 4.98 Å². The molecule has 1 aromatic heterocycles. The van der Waals surface area contributed by atoms with Crippen molar-refractivity contribution >= 4 is 5.57 Å². The van der Waals surface area contributed by atoms with Gasteiger partial charge in [-0.05, 0) is 66.8 Å². The van der Waals surface area contributed by atoms with Crippen molar-refractivity contribution in [3.05, 3.63) is 89.3 Å². The number of phenolic OH excluding ortho intramolecular Hbond substituents is 1. The maximum atomic E-state index is 11.1. The van der Waals surface area contributed by atoms with Gasteiger partial charge in [0, 0.05) is 37.0 Å². The van der Waals surface area contributed by atoms with E-state index in [1.165, 1.54) is 0 Å². The van der Waals surface area contributed by atoms with E-state index in [0.29, 0.717) is 19.4 Å². The third-order valence-corrected chi connectivity index (χ3v) is 6.90. The number of phenols is 1. The zero-order valence-electron chi connectivity index (χ0n) is 19.4.